The first-order chi connectivity index (χ1) is 10.6. The number of carbonyl (C=O) groups excluding carboxylic acids is 1. The Balaban J connectivity index is 1.70. The van der Waals surface area contributed by atoms with Crippen molar-refractivity contribution in [3.8, 4) is 0 Å². The summed E-state index contributed by atoms with van der Waals surface area (Å²) >= 11 is 0. The van der Waals surface area contributed by atoms with Crippen LogP contribution in [0.3, 0.4) is 0 Å². The SMILES string of the molecule is Cc1ccc2oc(N3C[C@@H]4COC[C@H](C3)N(C)C4=O)nc2c1. The molecule has 1 aromatic carbocycles. The largest absolute Gasteiger partial charge is 0.423 e. The van der Waals surface area contributed by atoms with Crippen LogP contribution in [0.15, 0.2) is 22.6 Å². The molecule has 4 rings (SSSR count). The highest BCUT2D eigenvalue weighted by molar-refractivity contribution is 5.81. The third-order valence-corrected chi connectivity index (χ3v) is 4.55. The highest BCUT2D eigenvalue weighted by Gasteiger charge is 2.38. The number of aromatic nitrogens is 1. The first kappa shape index (κ1) is 13.6. The molecule has 0 saturated carbocycles. The molecule has 6 heteroatoms. The standard InChI is InChI=1S/C16H19N3O3/c1-10-3-4-14-13(5-10)17-16(22-14)19-6-11-8-21-9-12(7-19)18(2)15(11)20/h3-5,11-12H,6-9H2,1-2H3/t11-,12+/m1/s1. The highest BCUT2D eigenvalue weighted by atomic mass is 16.5. The monoisotopic (exact) mass is 301 g/mol. The van der Waals surface area contributed by atoms with Crippen molar-refractivity contribution in [1.29, 1.82) is 0 Å². The van der Waals surface area contributed by atoms with Gasteiger partial charge in [-0.05, 0) is 24.6 Å². The van der Waals surface area contributed by atoms with Gasteiger partial charge in [-0.2, -0.15) is 4.98 Å². The second kappa shape index (κ2) is 4.98. The van der Waals surface area contributed by atoms with Crippen LogP contribution in [0.2, 0.25) is 0 Å². The summed E-state index contributed by atoms with van der Waals surface area (Å²) in [4.78, 5) is 20.9. The van der Waals surface area contributed by atoms with Crippen molar-refractivity contribution in [2.24, 2.45) is 5.92 Å². The van der Waals surface area contributed by atoms with Crippen LogP contribution >= 0.6 is 0 Å². The van der Waals surface area contributed by atoms with Gasteiger partial charge >= 0.3 is 0 Å². The van der Waals surface area contributed by atoms with Gasteiger partial charge < -0.3 is 19.0 Å². The van der Waals surface area contributed by atoms with Crippen LogP contribution in [0.4, 0.5) is 6.01 Å². The number of fused-ring (bicyclic) bond motifs is 4. The normalized spacial score (nSPS) is 25.6. The zero-order valence-corrected chi connectivity index (χ0v) is 12.8. The van der Waals surface area contributed by atoms with E-state index in [1.807, 2.05) is 37.1 Å². The van der Waals surface area contributed by atoms with E-state index in [9.17, 15) is 4.79 Å². The second-order valence-corrected chi connectivity index (χ2v) is 6.21. The molecular formula is C16H19N3O3. The first-order valence-corrected chi connectivity index (χ1v) is 7.58. The van der Waals surface area contributed by atoms with Crippen molar-refractivity contribution in [1.82, 2.24) is 9.88 Å². The van der Waals surface area contributed by atoms with Crippen molar-refractivity contribution in [3.63, 3.8) is 0 Å². The fourth-order valence-corrected chi connectivity index (χ4v) is 3.22. The van der Waals surface area contributed by atoms with E-state index in [2.05, 4.69) is 9.88 Å². The minimum absolute atomic E-state index is 0.0387. The lowest BCUT2D eigenvalue weighted by Gasteiger charge is -2.28. The molecule has 6 nitrogen and oxygen atoms in total. The summed E-state index contributed by atoms with van der Waals surface area (Å²) in [5, 5.41) is 0. The molecule has 0 spiro atoms. The molecule has 0 aliphatic carbocycles. The average molecular weight is 301 g/mol. The Bertz CT molecular complexity index is 726. The molecule has 2 aromatic rings. The zero-order valence-electron chi connectivity index (χ0n) is 12.8. The Morgan fingerprint density at radius 2 is 2.14 bits per heavy atom. The molecule has 22 heavy (non-hydrogen) atoms. The van der Waals surface area contributed by atoms with Crippen molar-refractivity contribution in [3.05, 3.63) is 23.8 Å². The van der Waals surface area contributed by atoms with Gasteiger partial charge in [-0.15, -0.1) is 0 Å². The number of carbonyl (C=O) groups is 1. The fourth-order valence-electron chi connectivity index (χ4n) is 3.22. The van der Waals surface area contributed by atoms with Gasteiger partial charge in [-0.25, -0.2) is 0 Å². The van der Waals surface area contributed by atoms with Gasteiger partial charge in [0.1, 0.15) is 5.52 Å². The summed E-state index contributed by atoms with van der Waals surface area (Å²) in [7, 11) is 1.85. The van der Waals surface area contributed by atoms with E-state index in [0.29, 0.717) is 32.3 Å². The Morgan fingerprint density at radius 1 is 1.27 bits per heavy atom. The van der Waals surface area contributed by atoms with Gasteiger partial charge in [0.25, 0.3) is 6.01 Å². The van der Waals surface area contributed by atoms with Crippen molar-refractivity contribution in [2.75, 3.05) is 38.3 Å². The van der Waals surface area contributed by atoms with E-state index < -0.39 is 0 Å². The zero-order chi connectivity index (χ0) is 15.3. The molecule has 116 valence electrons. The Morgan fingerprint density at radius 3 is 3.00 bits per heavy atom. The molecule has 2 atom stereocenters. The van der Waals surface area contributed by atoms with Gasteiger partial charge in [0.05, 0.1) is 25.2 Å². The number of ether oxygens (including phenoxy) is 1. The van der Waals surface area contributed by atoms with Crippen molar-refractivity contribution in [2.45, 2.75) is 13.0 Å². The lowest BCUT2D eigenvalue weighted by molar-refractivity contribution is -0.133. The van der Waals surface area contributed by atoms with E-state index in [4.69, 9.17) is 9.15 Å². The maximum absolute atomic E-state index is 12.4. The summed E-state index contributed by atoms with van der Waals surface area (Å²) in [5.74, 6) is -0.00814. The minimum Gasteiger partial charge on any atom is -0.423 e. The van der Waals surface area contributed by atoms with E-state index >= 15 is 0 Å². The van der Waals surface area contributed by atoms with E-state index in [0.717, 1.165) is 16.7 Å². The Kier molecular flexibility index (Phi) is 3.07. The molecule has 1 amide bonds. The van der Waals surface area contributed by atoms with Crippen LogP contribution in [0.5, 0.6) is 0 Å². The number of nitrogens with zero attached hydrogens (tertiary/aromatic N) is 3. The molecule has 2 saturated heterocycles. The number of amides is 1. The van der Waals surface area contributed by atoms with Gasteiger partial charge in [-0.1, -0.05) is 6.07 Å². The quantitative estimate of drug-likeness (QED) is 0.797. The number of rotatable bonds is 1. The van der Waals surface area contributed by atoms with Crippen molar-refractivity contribution < 1.29 is 13.9 Å². The first-order valence-electron chi connectivity index (χ1n) is 7.58. The predicted octanol–water partition coefficient (Wildman–Crippen LogP) is 1.43. The molecule has 2 bridgehead atoms. The minimum atomic E-state index is -0.158. The van der Waals surface area contributed by atoms with Gasteiger partial charge in [0, 0.05) is 20.1 Å². The Labute approximate surface area is 128 Å². The summed E-state index contributed by atoms with van der Waals surface area (Å²) in [6.45, 7) is 4.34. The average Bonchev–Trinajstić information content (AvgIpc) is 2.78. The summed E-state index contributed by atoms with van der Waals surface area (Å²) in [6, 6.07) is 6.61. The summed E-state index contributed by atoms with van der Waals surface area (Å²) < 4.78 is 11.5. The van der Waals surface area contributed by atoms with Crippen LogP contribution < -0.4 is 4.90 Å². The van der Waals surface area contributed by atoms with E-state index in [1.54, 1.807) is 0 Å². The third-order valence-electron chi connectivity index (χ3n) is 4.55. The van der Waals surface area contributed by atoms with Crippen molar-refractivity contribution >= 4 is 23.0 Å². The third kappa shape index (κ3) is 2.14. The van der Waals surface area contributed by atoms with E-state index in [1.165, 1.54) is 0 Å². The molecule has 2 aliphatic rings. The predicted molar refractivity (Wildman–Crippen MR) is 81.8 cm³/mol. The maximum atomic E-state index is 12.4. The molecule has 1 aromatic heterocycles. The van der Waals surface area contributed by atoms with E-state index in [-0.39, 0.29) is 17.9 Å². The Hall–Kier alpha value is -2.08. The fraction of sp³-hybridized carbons (Fsp3) is 0.500. The van der Waals surface area contributed by atoms with Gasteiger partial charge in [0.2, 0.25) is 5.91 Å². The van der Waals surface area contributed by atoms with Crippen LogP contribution in [-0.4, -0.2) is 55.2 Å². The number of anilines is 1. The lowest BCUT2D eigenvalue weighted by atomic mass is 10.1. The number of benzene rings is 1. The molecule has 0 N–H and O–H groups in total. The summed E-state index contributed by atoms with van der Waals surface area (Å²) in [5.41, 5.74) is 2.80. The van der Waals surface area contributed by atoms with Crippen LogP contribution in [0, 0.1) is 12.8 Å². The molecule has 0 radical (unpaired) electrons. The van der Waals surface area contributed by atoms with Crippen LogP contribution in [0.25, 0.3) is 11.1 Å². The molecule has 2 aliphatic heterocycles. The topological polar surface area (TPSA) is 58.8 Å². The number of likely N-dealkylation sites (N-methyl/N-ethyl adjacent to an activating group) is 1. The van der Waals surface area contributed by atoms with Crippen LogP contribution in [-0.2, 0) is 9.53 Å². The van der Waals surface area contributed by atoms with Gasteiger partial charge in [-0.3, -0.25) is 4.79 Å². The maximum Gasteiger partial charge on any atom is 0.298 e. The van der Waals surface area contributed by atoms with Crippen LogP contribution in [0.1, 0.15) is 5.56 Å². The summed E-state index contributed by atoms with van der Waals surface area (Å²) in [6.07, 6.45) is 0. The molecule has 0 unspecified atom stereocenters. The number of aryl methyl sites for hydroxylation is 1. The van der Waals surface area contributed by atoms with Gasteiger partial charge in [0.15, 0.2) is 5.58 Å². The molecular weight excluding hydrogens is 282 g/mol. The molecule has 2 fully saturated rings. The second-order valence-electron chi connectivity index (χ2n) is 6.21. The smallest absolute Gasteiger partial charge is 0.298 e. The molecule has 3 heterocycles. The number of hydrogen-bond donors (Lipinski definition) is 0. The number of hydrogen-bond acceptors (Lipinski definition) is 5. The number of oxazole rings is 1. The lowest BCUT2D eigenvalue weighted by Crippen LogP contribution is -2.43. The highest BCUT2D eigenvalue weighted by Crippen LogP contribution is 2.27.